The molecule has 0 saturated heterocycles. The minimum atomic E-state index is 0.916. The van der Waals surface area contributed by atoms with E-state index in [9.17, 15) is 0 Å². The third-order valence-corrected chi connectivity index (χ3v) is 9.81. The highest BCUT2D eigenvalue weighted by Gasteiger charge is 2.23. The molecule has 212 valence electrons. The predicted octanol–water partition coefficient (Wildman–Crippen LogP) is 12.8. The van der Waals surface area contributed by atoms with E-state index in [2.05, 4.69) is 163 Å². The van der Waals surface area contributed by atoms with Gasteiger partial charge in [-0.05, 0) is 65.2 Å². The number of anilines is 3. The molecule has 0 spiro atoms. The lowest BCUT2D eigenvalue weighted by molar-refractivity contribution is 0.673. The average Bonchev–Trinajstić information content (AvgIpc) is 3.69. The summed E-state index contributed by atoms with van der Waals surface area (Å²) in [5.74, 6) is 0. The Bertz CT molecular complexity index is 2470. The van der Waals surface area contributed by atoms with Gasteiger partial charge in [0.15, 0.2) is 0 Å². The monoisotopic (exact) mass is 593 g/mol. The molecule has 0 aliphatic heterocycles. The van der Waals surface area contributed by atoms with Gasteiger partial charge in [-0.15, -0.1) is 11.3 Å². The largest absolute Gasteiger partial charge is 0.455 e. The molecule has 0 amide bonds. The van der Waals surface area contributed by atoms with Crippen molar-refractivity contribution in [1.29, 1.82) is 0 Å². The van der Waals surface area contributed by atoms with Gasteiger partial charge in [0.1, 0.15) is 11.2 Å². The Labute approximate surface area is 265 Å². The van der Waals surface area contributed by atoms with Gasteiger partial charge < -0.3 is 9.32 Å². The zero-order valence-corrected chi connectivity index (χ0v) is 25.2. The molecule has 3 heteroatoms. The van der Waals surface area contributed by atoms with E-state index in [0.717, 1.165) is 39.0 Å². The van der Waals surface area contributed by atoms with Gasteiger partial charge in [0.2, 0.25) is 0 Å². The van der Waals surface area contributed by atoms with Crippen LogP contribution in [0.25, 0.3) is 64.4 Å². The minimum absolute atomic E-state index is 0.916. The number of rotatable bonds is 5. The van der Waals surface area contributed by atoms with Gasteiger partial charge in [-0.2, -0.15) is 0 Å². The molecule has 0 N–H and O–H groups in total. The first kappa shape index (κ1) is 25.8. The molecule has 9 aromatic rings. The average molecular weight is 594 g/mol. The van der Waals surface area contributed by atoms with Crippen LogP contribution >= 0.6 is 11.3 Å². The standard InChI is InChI=1S/C42H27NOS/c1-3-12-28(13-4-1)29-22-24-31(25-23-29)43(35-18-9-7-16-32(35)30-14-5-2-6-15-30)36-19-11-21-38-40(36)41-39(45-38)27-26-34-33-17-8-10-20-37(33)44-42(34)41/h1-27H. The number of fused-ring (bicyclic) bond motifs is 7. The van der Waals surface area contributed by atoms with Crippen molar-refractivity contribution >= 4 is 70.5 Å². The molecule has 0 aliphatic rings. The molecule has 9 rings (SSSR count). The van der Waals surface area contributed by atoms with Crippen LogP contribution in [0.5, 0.6) is 0 Å². The Hall–Kier alpha value is -5.64. The fourth-order valence-electron chi connectivity index (χ4n) is 6.63. The molecule has 2 nitrogen and oxygen atoms in total. The van der Waals surface area contributed by atoms with Crippen molar-refractivity contribution in [3.05, 3.63) is 164 Å². The molecular weight excluding hydrogens is 567 g/mol. The molecule has 0 unspecified atom stereocenters. The third kappa shape index (κ3) is 4.24. The number of thiophene rings is 1. The van der Waals surface area contributed by atoms with E-state index in [1.54, 1.807) is 0 Å². The Morgan fingerprint density at radius 1 is 0.422 bits per heavy atom. The van der Waals surface area contributed by atoms with Gasteiger partial charge >= 0.3 is 0 Å². The highest BCUT2D eigenvalue weighted by molar-refractivity contribution is 7.26. The Morgan fingerprint density at radius 3 is 1.89 bits per heavy atom. The summed E-state index contributed by atoms with van der Waals surface area (Å²) in [7, 11) is 0. The summed E-state index contributed by atoms with van der Waals surface area (Å²) in [5, 5.41) is 4.67. The smallest absolute Gasteiger partial charge is 0.144 e. The molecular formula is C42H27NOS. The predicted molar refractivity (Wildman–Crippen MR) is 192 cm³/mol. The van der Waals surface area contributed by atoms with Crippen LogP contribution in [0.3, 0.4) is 0 Å². The van der Waals surface area contributed by atoms with Crippen LogP contribution in [0.15, 0.2) is 168 Å². The first-order chi connectivity index (χ1) is 22.3. The zero-order valence-electron chi connectivity index (χ0n) is 24.4. The van der Waals surface area contributed by atoms with Crippen molar-refractivity contribution in [3.8, 4) is 22.3 Å². The summed E-state index contributed by atoms with van der Waals surface area (Å²) in [4.78, 5) is 2.42. The fourth-order valence-corrected chi connectivity index (χ4v) is 7.75. The molecule has 0 saturated carbocycles. The number of hydrogen-bond donors (Lipinski definition) is 0. The molecule has 0 aliphatic carbocycles. The Morgan fingerprint density at radius 2 is 1.07 bits per heavy atom. The van der Waals surface area contributed by atoms with Crippen LogP contribution < -0.4 is 4.90 Å². The normalized spacial score (nSPS) is 11.6. The molecule has 0 fully saturated rings. The molecule has 2 heterocycles. The minimum Gasteiger partial charge on any atom is -0.455 e. The summed E-state index contributed by atoms with van der Waals surface area (Å²) in [6.45, 7) is 0. The van der Waals surface area contributed by atoms with Gasteiger partial charge in [0.05, 0.1) is 11.4 Å². The summed E-state index contributed by atoms with van der Waals surface area (Å²) in [5.41, 5.74) is 9.97. The second kappa shape index (κ2) is 10.5. The maximum Gasteiger partial charge on any atom is 0.144 e. The van der Waals surface area contributed by atoms with Crippen molar-refractivity contribution < 1.29 is 4.42 Å². The van der Waals surface area contributed by atoms with Crippen LogP contribution in [0, 0.1) is 0 Å². The Kier molecular flexibility index (Phi) is 6.03. The van der Waals surface area contributed by atoms with Gasteiger partial charge in [-0.1, -0.05) is 115 Å². The van der Waals surface area contributed by atoms with E-state index in [1.807, 2.05) is 17.4 Å². The zero-order chi connectivity index (χ0) is 29.7. The summed E-state index contributed by atoms with van der Waals surface area (Å²) >= 11 is 1.82. The SMILES string of the molecule is c1ccc(-c2ccc(N(c3ccccc3-c3ccccc3)c3cccc4sc5ccc6c7ccccc7oc6c5c34)cc2)cc1. The fraction of sp³-hybridized carbons (Fsp3) is 0. The summed E-state index contributed by atoms with van der Waals surface area (Å²) in [6.07, 6.45) is 0. The van der Waals surface area contributed by atoms with Crippen molar-refractivity contribution in [2.75, 3.05) is 4.90 Å². The van der Waals surface area contributed by atoms with Crippen LogP contribution in [-0.4, -0.2) is 0 Å². The van der Waals surface area contributed by atoms with E-state index >= 15 is 0 Å². The van der Waals surface area contributed by atoms with E-state index < -0.39 is 0 Å². The van der Waals surface area contributed by atoms with Gasteiger partial charge in [-0.3, -0.25) is 0 Å². The van der Waals surface area contributed by atoms with E-state index in [-0.39, 0.29) is 0 Å². The molecule has 45 heavy (non-hydrogen) atoms. The van der Waals surface area contributed by atoms with Gasteiger partial charge in [-0.25, -0.2) is 0 Å². The van der Waals surface area contributed by atoms with Crippen LogP contribution in [-0.2, 0) is 0 Å². The first-order valence-corrected chi connectivity index (χ1v) is 16.0. The van der Waals surface area contributed by atoms with Crippen molar-refractivity contribution in [2.24, 2.45) is 0 Å². The first-order valence-electron chi connectivity index (χ1n) is 15.2. The maximum absolute atomic E-state index is 6.62. The summed E-state index contributed by atoms with van der Waals surface area (Å²) < 4.78 is 9.08. The molecule has 0 radical (unpaired) electrons. The number of furan rings is 1. The highest BCUT2D eigenvalue weighted by atomic mass is 32.1. The summed E-state index contributed by atoms with van der Waals surface area (Å²) in [6, 6.07) is 58.4. The quantitative estimate of drug-likeness (QED) is 0.197. The van der Waals surface area contributed by atoms with E-state index in [0.29, 0.717) is 0 Å². The van der Waals surface area contributed by atoms with Gasteiger partial charge in [0.25, 0.3) is 0 Å². The number of hydrogen-bond acceptors (Lipinski definition) is 3. The lowest BCUT2D eigenvalue weighted by Gasteiger charge is -2.29. The second-order valence-electron chi connectivity index (χ2n) is 11.3. The van der Waals surface area contributed by atoms with Gasteiger partial charge in [0, 0.05) is 42.2 Å². The second-order valence-corrected chi connectivity index (χ2v) is 12.4. The number of nitrogens with zero attached hydrogens (tertiary/aromatic N) is 1. The topological polar surface area (TPSA) is 16.4 Å². The van der Waals surface area contributed by atoms with Crippen molar-refractivity contribution in [2.45, 2.75) is 0 Å². The molecule has 0 atom stereocenters. The molecule has 0 bridgehead atoms. The molecule has 2 aromatic heterocycles. The van der Waals surface area contributed by atoms with Crippen LogP contribution in [0.2, 0.25) is 0 Å². The van der Waals surface area contributed by atoms with Crippen molar-refractivity contribution in [1.82, 2.24) is 0 Å². The van der Waals surface area contributed by atoms with Crippen LogP contribution in [0.1, 0.15) is 0 Å². The van der Waals surface area contributed by atoms with E-state index in [4.69, 9.17) is 4.42 Å². The third-order valence-electron chi connectivity index (χ3n) is 8.69. The number of para-hydroxylation sites is 2. The number of benzene rings is 7. The lowest BCUT2D eigenvalue weighted by atomic mass is 10.00. The highest BCUT2D eigenvalue weighted by Crippen LogP contribution is 2.49. The van der Waals surface area contributed by atoms with Crippen LogP contribution in [0.4, 0.5) is 17.1 Å². The molecule has 7 aromatic carbocycles. The lowest BCUT2D eigenvalue weighted by Crippen LogP contribution is -2.11. The maximum atomic E-state index is 6.62. The van der Waals surface area contributed by atoms with E-state index in [1.165, 1.54) is 42.4 Å². The Balaban J connectivity index is 1.35. The van der Waals surface area contributed by atoms with Crippen molar-refractivity contribution in [3.63, 3.8) is 0 Å².